The van der Waals surface area contributed by atoms with Gasteiger partial charge in [-0.1, -0.05) is 13.3 Å². The minimum absolute atomic E-state index is 0.0414. The zero-order valence-electron chi connectivity index (χ0n) is 10.2. The fourth-order valence-electron chi connectivity index (χ4n) is 1.26. The van der Waals surface area contributed by atoms with Gasteiger partial charge < -0.3 is 16.2 Å². The summed E-state index contributed by atoms with van der Waals surface area (Å²) in [6.07, 6.45) is 1.46. The number of carbonyl (C=O) groups excluding carboxylic acids is 1. The summed E-state index contributed by atoms with van der Waals surface area (Å²) >= 11 is 0. The average Bonchev–Trinajstić information content (AvgIpc) is 2.17. The van der Waals surface area contributed by atoms with E-state index < -0.39 is 11.4 Å². The fraction of sp³-hybridized carbons (Fsp3) is 0.818. The van der Waals surface area contributed by atoms with E-state index in [2.05, 4.69) is 5.32 Å². The molecule has 1 atom stereocenters. The summed E-state index contributed by atoms with van der Waals surface area (Å²) in [5, 5.41) is 11.4. The van der Waals surface area contributed by atoms with Crippen molar-refractivity contribution in [1.29, 1.82) is 0 Å². The number of carboxylic acids is 1. The van der Waals surface area contributed by atoms with Gasteiger partial charge in [0.1, 0.15) is 0 Å². The molecule has 5 heteroatoms. The standard InChI is InChI=1S/C11H22N2O3/c1-4-5-8(6-9(14)15)13-10(16)11(2,3)7-12/h8H,4-7,12H2,1-3H3,(H,13,16)(H,14,15). The summed E-state index contributed by atoms with van der Waals surface area (Å²) < 4.78 is 0. The van der Waals surface area contributed by atoms with Crippen LogP contribution in [0.2, 0.25) is 0 Å². The lowest BCUT2D eigenvalue weighted by Crippen LogP contribution is -2.46. The number of hydrogen-bond donors (Lipinski definition) is 3. The van der Waals surface area contributed by atoms with Crippen molar-refractivity contribution in [2.45, 2.75) is 46.1 Å². The molecule has 0 aliphatic heterocycles. The Bertz CT molecular complexity index is 252. The van der Waals surface area contributed by atoms with Gasteiger partial charge in [-0.2, -0.15) is 0 Å². The maximum Gasteiger partial charge on any atom is 0.305 e. The van der Waals surface area contributed by atoms with Crippen molar-refractivity contribution in [3.05, 3.63) is 0 Å². The number of aliphatic carboxylic acids is 1. The largest absolute Gasteiger partial charge is 0.481 e. The number of rotatable bonds is 7. The molecular weight excluding hydrogens is 208 g/mol. The summed E-state index contributed by atoms with van der Waals surface area (Å²) in [6, 6.07) is -0.305. The molecule has 0 aliphatic carbocycles. The van der Waals surface area contributed by atoms with Crippen LogP contribution < -0.4 is 11.1 Å². The SMILES string of the molecule is CCCC(CC(=O)O)NC(=O)C(C)(C)CN. The van der Waals surface area contributed by atoms with E-state index in [-0.39, 0.29) is 24.9 Å². The third-order valence-corrected chi connectivity index (χ3v) is 2.52. The van der Waals surface area contributed by atoms with Crippen LogP contribution in [-0.4, -0.2) is 29.6 Å². The molecule has 94 valence electrons. The molecule has 16 heavy (non-hydrogen) atoms. The van der Waals surface area contributed by atoms with Gasteiger partial charge in [0.15, 0.2) is 0 Å². The van der Waals surface area contributed by atoms with E-state index in [9.17, 15) is 9.59 Å². The lowest BCUT2D eigenvalue weighted by molar-refractivity contribution is -0.138. The average molecular weight is 230 g/mol. The van der Waals surface area contributed by atoms with Crippen LogP contribution in [0.25, 0.3) is 0 Å². The minimum atomic E-state index is -0.899. The lowest BCUT2D eigenvalue weighted by Gasteiger charge is -2.25. The summed E-state index contributed by atoms with van der Waals surface area (Å²) in [6.45, 7) is 5.68. The van der Waals surface area contributed by atoms with E-state index in [0.717, 1.165) is 6.42 Å². The maximum atomic E-state index is 11.8. The second-order valence-electron chi connectivity index (χ2n) is 4.64. The van der Waals surface area contributed by atoms with Crippen molar-refractivity contribution >= 4 is 11.9 Å². The highest BCUT2D eigenvalue weighted by Gasteiger charge is 2.28. The van der Waals surface area contributed by atoms with Crippen LogP contribution in [0.4, 0.5) is 0 Å². The molecule has 4 N–H and O–H groups in total. The van der Waals surface area contributed by atoms with E-state index in [1.807, 2.05) is 6.92 Å². The third kappa shape index (κ3) is 5.11. The van der Waals surface area contributed by atoms with Crippen LogP contribution in [0, 0.1) is 5.41 Å². The second kappa shape index (κ2) is 6.48. The molecule has 0 radical (unpaired) electrons. The fourth-order valence-corrected chi connectivity index (χ4v) is 1.26. The van der Waals surface area contributed by atoms with Gasteiger partial charge in [-0.15, -0.1) is 0 Å². The predicted octanol–water partition coefficient (Wildman–Crippen LogP) is 0.731. The first-order valence-corrected chi connectivity index (χ1v) is 5.56. The van der Waals surface area contributed by atoms with Gasteiger partial charge in [-0.25, -0.2) is 0 Å². The molecule has 0 aromatic heterocycles. The Morgan fingerprint density at radius 2 is 2.00 bits per heavy atom. The van der Waals surface area contributed by atoms with Crippen LogP contribution in [0.3, 0.4) is 0 Å². The summed E-state index contributed by atoms with van der Waals surface area (Å²) in [7, 11) is 0. The molecule has 0 rings (SSSR count). The summed E-state index contributed by atoms with van der Waals surface area (Å²) in [5.41, 5.74) is 4.83. The Kier molecular flexibility index (Phi) is 6.03. The summed E-state index contributed by atoms with van der Waals surface area (Å²) in [5.74, 6) is -1.08. The van der Waals surface area contributed by atoms with Crippen molar-refractivity contribution in [3.8, 4) is 0 Å². The highest BCUT2D eigenvalue weighted by molar-refractivity contribution is 5.82. The normalized spacial score (nSPS) is 13.2. The molecule has 0 bridgehead atoms. The van der Waals surface area contributed by atoms with Crippen molar-refractivity contribution in [1.82, 2.24) is 5.32 Å². The van der Waals surface area contributed by atoms with E-state index in [0.29, 0.717) is 6.42 Å². The van der Waals surface area contributed by atoms with Gasteiger partial charge in [-0.3, -0.25) is 9.59 Å². The molecule has 0 spiro atoms. The Labute approximate surface area is 96.4 Å². The third-order valence-electron chi connectivity index (χ3n) is 2.52. The highest BCUT2D eigenvalue weighted by Crippen LogP contribution is 2.14. The van der Waals surface area contributed by atoms with Crippen LogP contribution in [0.5, 0.6) is 0 Å². The van der Waals surface area contributed by atoms with E-state index >= 15 is 0 Å². The number of hydrogen-bond acceptors (Lipinski definition) is 3. The Hall–Kier alpha value is -1.10. The first kappa shape index (κ1) is 14.9. The Balaban J connectivity index is 4.39. The van der Waals surface area contributed by atoms with Crippen LogP contribution in [-0.2, 0) is 9.59 Å². The molecule has 0 fully saturated rings. The Morgan fingerprint density at radius 1 is 1.44 bits per heavy atom. The maximum absolute atomic E-state index is 11.8. The first-order chi connectivity index (χ1) is 7.33. The van der Waals surface area contributed by atoms with Crippen molar-refractivity contribution in [3.63, 3.8) is 0 Å². The number of amides is 1. The molecule has 1 amide bonds. The van der Waals surface area contributed by atoms with Gasteiger partial charge in [-0.05, 0) is 20.3 Å². The molecule has 0 aliphatic rings. The first-order valence-electron chi connectivity index (χ1n) is 5.56. The van der Waals surface area contributed by atoms with Gasteiger partial charge >= 0.3 is 5.97 Å². The number of carboxylic acid groups (broad SMARTS) is 1. The smallest absolute Gasteiger partial charge is 0.305 e. The Morgan fingerprint density at radius 3 is 2.38 bits per heavy atom. The van der Waals surface area contributed by atoms with E-state index in [1.165, 1.54) is 0 Å². The molecule has 0 saturated heterocycles. The quantitative estimate of drug-likeness (QED) is 0.601. The second-order valence-corrected chi connectivity index (χ2v) is 4.64. The molecule has 1 unspecified atom stereocenters. The monoisotopic (exact) mass is 230 g/mol. The predicted molar refractivity (Wildman–Crippen MR) is 61.9 cm³/mol. The van der Waals surface area contributed by atoms with Gasteiger partial charge in [0.2, 0.25) is 5.91 Å². The summed E-state index contributed by atoms with van der Waals surface area (Å²) in [4.78, 5) is 22.4. The molecule has 0 saturated carbocycles. The number of nitrogens with two attached hydrogens (primary N) is 1. The highest BCUT2D eigenvalue weighted by atomic mass is 16.4. The van der Waals surface area contributed by atoms with Gasteiger partial charge in [0.25, 0.3) is 0 Å². The van der Waals surface area contributed by atoms with Crippen LogP contribution in [0.15, 0.2) is 0 Å². The zero-order chi connectivity index (χ0) is 12.8. The molecule has 5 nitrogen and oxygen atoms in total. The van der Waals surface area contributed by atoms with Crippen molar-refractivity contribution in [2.75, 3.05) is 6.54 Å². The van der Waals surface area contributed by atoms with Gasteiger partial charge in [0.05, 0.1) is 11.8 Å². The van der Waals surface area contributed by atoms with Crippen molar-refractivity contribution < 1.29 is 14.7 Å². The van der Waals surface area contributed by atoms with Crippen LogP contribution in [0.1, 0.15) is 40.0 Å². The number of nitrogens with one attached hydrogen (secondary N) is 1. The molecule has 0 aromatic carbocycles. The molecule has 0 aromatic rings. The van der Waals surface area contributed by atoms with E-state index in [1.54, 1.807) is 13.8 Å². The molecular formula is C11H22N2O3. The van der Waals surface area contributed by atoms with E-state index in [4.69, 9.17) is 10.8 Å². The molecule has 0 heterocycles. The number of carbonyl (C=O) groups is 2. The lowest BCUT2D eigenvalue weighted by atomic mass is 9.92. The van der Waals surface area contributed by atoms with Crippen molar-refractivity contribution in [2.24, 2.45) is 11.1 Å². The zero-order valence-corrected chi connectivity index (χ0v) is 10.2. The minimum Gasteiger partial charge on any atom is -0.481 e. The van der Waals surface area contributed by atoms with Gasteiger partial charge in [0, 0.05) is 12.6 Å². The van der Waals surface area contributed by atoms with Crippen LogP contribution >= 0.6 is 0 Å². The topological polar surface area (TPSA) is 92.4 Å².